The molecule has 2 atom stereocenters. The number of carbonyl (C=O) groups excluding carboxylic acids is 1. The van der Waals surface area contributed by atoms with Crippen LogP contribution in [0.1, 0.15) is 25.7 Å². The van der Waals surface area contributed by atoms with Gasteiger partial charge in [-0.15, -0.1) is 0 Å². The van der Waals surface area contributed by atoms with Crippen LogP contribution in [0.5, 0.6) is 0 Å². The third kappa shape index (κ3) is 6.65. The second kappa shape index (κ2) is 7.93. The lowest BCUT2D eigenvalue weighted by Crippen LogP contribution is -2.48. The molecule has 11 nitrogen and oxygen atoms in total. The fourth-order valence-corrected chi connectivity index (χ4v) is 1.50. The molecular formula is C11H15NO10. The molecule has 2 unspecified atom stereocenters. The second-order valence-electron chi connectivity index (χ2n) is 4.47. The van der Waals surface area contributed by atoms with Gasteiger partial charge in [-0.05, 0) is 6.42 Å². The largest absolute Gasteiger partial charge is 0.481 e. The van der Waals surface area contributed by atoms with E-state index in [0.717, 1.165) is 0 Å². The number of nitrogens with one attached hydrogen (secondary N) is 1. The molecule has 0 saturated carbocycles. The molecule has 0 saturated heterocycles. The molecule has 1 amide bonds. The first kappa shape index (κ1) is 19.3. The number of amides is 1. The van der Waals surface area contributed by atoms with Gasteiger partial charge in [-0.3, -0.25) is 14.4 Å². The van der Waals surface area contributed by atoms with Crippen molar-refractivity contribution in [3.8, 4) is 0 Å². The highest BCUT2D eigenvalue weighted by Gasteiger charge is 2.41. The van der Waals surface area contributed by atoms with Gasteiger partial charge in [0.1, 0.15) is 6.04 Å². The number of aliphatic carboxylic acids is 4. The Kier molecular flexibility index (Phi) is 6.96. The minimum atomic E-state index is -2.90. The average molecular weight is 321 g/mol. The van der Waals surface area contributed by atoms with E-state index in [9.17, 15) is 29.1 Å². The molecule has 0 fully saturated rings. The van der Waals surface area contributed by atoms with Gasteiger partial charge in [0.2, 0.25) is 5.91 Å². The number of hydrogen-bond donors (Lipinski definition) is 6. The van der Waals surface area contributed by atoms with Crippen LogP contribution >= 0.6 is 0 Å². The van der Waals surface area contributed by atoms with Crippen molar-refractivity contribution in [2.45, 2.75) is 37.3 Å². The summed E-state index contributed by atoms with van der Waals surface area (Å²) in [6, 6.07) is -1.61. The van der Waals surface area contributed by atoms with E-state index in [1.54, 1.807) is 0 Å². The smallest absolute Gasteiger partial charge is 0.336 e. The Balaban J connectivity index is 4.85. The van der Waals surface area contributed by atoms with E-state index >= 15 is 0 Å². The van der Waals surface area contributed by atoms with Gasteiger partial charge < -0.3 is 30.8 Å². The van der Waals surface area contributed by atoms with Crippen molar-refractivity contribution in [1.29, 1.82) is 0 Å². The maximum Gasteiger partial charge on any atom is 0.336 e. The van der Waals surface area contributed by atoms with Gasteiger partial charge in [0, 0.05) is 6.42 Å². The molecule has 0 bridgehead atoms. The summed E-state index contributed by atoms with van der Waals surface area (Å²) < 4.78 is 0. The van der Waals surface area contributed by atoms with Crippen molar-refractivity contribution in [2.75, 3.05) is 0 Å². The lowest BCUT2D eigenvalue weighted by molar-refractivity contribution is -0.167. The first-order valence-electron chi connectivity index (χ1n) is 5.89. The van der Waals surface area contributed by atoms with Crippen LogP contribution in [0, 0.1) is 0 Å². The predicted molar refractivity (Wildman–Crippen MR) is 65.9 cm³/mol. The Morgan fingerprint density at radius 3 is 1.82 bits per heavy atom. The molecule has 0 aromatic rings. The average Bonchev–Trinajstić information content (AvgIpc) is 2.32. The zero-order valence-electron chi connectivity index (χ0n) is 11.2. The standard InChI is InChI=1S/C11H15NO10/c13-6(3-11(22,10(20)21)4-8(16)17)12-5(9(18)19)1-2-7(14)15/h5,22H,1-4H2,(H,12,13)(H,14,15)(H,16,17)(H,18,19)(H,20,21). The van der Waals surface area contributed by atoms with Crippen LogP contribution in [-0.4, -0.2) is 67.0 Å². The molecule has 0 aromatic heterocycles. The molecule has 0 heterocycles. The van der Waals surface area contributed by atoms with Crippen molar-refractivity contribution >= 4 is 29.8 Å². The van der Waals surface area contributed by atoms with E-state index in [1.807, 2.05) is 5.32 Å². The Morgan fingerprint density at radius 2 is 1.45 bits per heavy atom. The fourth-order valence-electron chi connectivity index (χ4n) is 1.50. The molecule has 0 aliphatic carbocycles. The van der Waals surface area contributed by atoms with E-state index in [2.05, 4.69) is 0 Å². The SMILES string of the molecule is O=C(O)CCC(NC(=O)CC(O)(CC(=O)O)C(=O)O)C(=O)O. The number of carboxylic acids is 4. The molecule has 0 aliphatic heterocycles. The monoisotopic (exact) mass is 321 g/mol. The fraction of sp³-hybridized carbons (Fsp3) is 0.545. The van der Waals surface area contributed by atoms with Gasteiger partial charge in [0.15, 0.2) is 5.60 Å². The number of carboxylic acid groups (broad SMARTS) is 4. The third-order valence-electron chi connectivity index (χ3n) is 2.57. The minimum Gasteiger partial charge on any atom is -0.481 e. The lowest BCUT2D eigenvalue weighted by atomic mass is 9.95. The quantitative estimate of drug-likeness (QED) is 0.264. The summed E-state index contributed by atoms with van der Waals surface area (Å²) in [5, 5.41) is 46.0. The molecule has 0 aliphatic rings. The Hall–Kier alpha value is -2.69. The maximum absolute atomic E-state index is 11.6. The summed E-state index contributed by atoms with van der Waals surface area (Å²) in [4.78, 5) is 54.1. The highest BCUT2D eigenvalue weighted by molar-refractivity contribution is 5.91. The van der Waals surface area contributed by atoms with Gasteiger partial charge >= 0.3 is 23.9 Å². The van der Waals surface area contributed by atoms with Crippen LogP contribution in [0.4, 0.5) is 0 Å². The van der Waals surface area contributed by atoms with Crippen LogP contribution in [-0.2, 0) is 24.0 Å². The number of rotatable bonds is 10. The summed E-state index contributed by atoms with van der Waals surface area (Å²) in [5.74, 6) is -7.70. The summed E-state index contributed by atoms with van der Waals surface area (Å²) in [5.41, 5.74) is -2.90. The highest BCUT2D eigenvalue weighted by Crippen LogP contribution is 2.16. The molecule has 0 rings (SSSR count). The maximum atomic E-state index is 11.6. The van der Waals surface area contributed by atoms with E-state index in [0.29, 0.717) is 0 Å². The number of hydrogen-bond acceptors (Lipinski definition) is 6. The molecular weight excluding hydrogens is 306 g/mol. The second-order valence-corrected chi connectivity index (χ2v) is 4.47. The van der Waals surface area contributed by atoms with Crippen molar-refractivity contribution < 1.29 is 49.5 Å². The van der Waals surface area contributed by atoms with Gasteiger partial charge in [0.25, 0.3) is 0 Å². The van der Waals surface area contributed by atoms with E-state index in [1.165, 1.54) is 0 Å². The highest BCUT2D eigenvalue weighted by atomic mass is 16.4. The Bertz CT molecular complexity index is 487. The van der Waals surface area contributed by atoms with Crippen molar-refractivity contribution in [3.63, 3.8) is 0 Å². The summed E-state index contributed by atoms with van der Waals surface area (Å²) >= 11 is 0. The van der Waals surface area contributed by atoms with Crippen molar-refractivity contribution in [1.82, 2.24) is 5.32 Å². The Morgan fingerprint density at radius 1 is 0.909 bits per heavy atom. The van der Waals surface area contributed by atoms with Gasteiger partial charge in [-0.25, -0.2) is 9.59 Å². The zero-order valence-corrected chi connectivity index (χ0v) is 11.2. The van der Waals surface area contributed by atoms with Crippen molar-refractivity contribution in [2.24, 2.45) is 0 Å². The van der Waals surface area contributed by atoms with Crippen molar-refractivity contribution in [3.05, 3.63) is 0 Å². The third-order valence-corrected chi connectivity index (χ3v) is 2.57. The van der Waals surface area contributed by atoms with E-state index in [4.69, 9.17) is 20.4 Å². The molecule has 0 spiro atoms. The molecule has 124 valence electrons. The van der Waals surface area contributed by atoms with Gasteiger partial charge in [-0.1, -0.05) is 0 Å². The van der Waals surface area contributed by atoms with Crippen LogP contribution in [0.3, 0.4) is 0 Å². The molecule has 6 N–H and O–H groups in total. The van der Waals surface area contributed by atoms with Gasteiger partial charge in [-0.2, -0.15) is 0 Å². The molecule has 0 radical (unpaired) electrons. The molecule has 11 heteroatoms. The number of carbonyl (C=O) groups is 5. The van der Waals surface area contributed by atoms with Crippen LogP contribution < -0.4 is 5.32 Å². The lowest BCUT2D eigenvalue weighted by Gasteiger charge is -2.22. The predicted octanol–water partition coefficient (Wildman–Crippen LogP) is -1.90. The summed E-state index contributed by atoms with van der Waals surface area (Å²) in [7, 11) is 0. The number of aliphatic hydroxyl groups is 1. The van der Waals surface area contributed by atoms with E-state index < -0.39 is 67.1 Å². The molecule has 22 heavy (non-hydrogen) atoms. The van der Waals surface area contributed by atoms with Gasteiger partial charge in [0.05, 0.1) is 12.8 Å². The summed E-state index contributed by atoms with van der Waals surface area (Å²) in [6.07, 6.45) is -3.47. The van der Waals surface area contributed by atoms with E-state index in [-0.39, 0.29) is 0 Å². The Labute approximate surface area is 123 Å². The minimum absolute atomic E-state index is 0.458. The topological polar surface area (TPSA) is 199 Å². The normalized spacial score (nSPS) is 14.4. The summed E-state index contributed by atoms with van der Waals surface area (Å²) in [6.45, 7) is 0. The first-order valence-corrected chi connectivity index (χ1v) is 5.89. The first-order chi connectivity index (χ1) is 9.97. The van der Waals surface area contributed by atoms with Crippen LogP contribution in [0.2, 0.25) is 0 Å². The van der Waals surface area contributed by atoms with Crippen LogP contribution in [0.15, 0.2) is 0 Å². The van der Waals surface area contributed by atoms with Crippen LogP contribution in [0.25, 0.3) is 0 Å². The molecule has 0 aromatic carbocycles. The zero-order chi connectivity index (χ0) is 17.5.